The highest BCUT2D eigenvalue weighted by atomic mass is 32.2. The summed E-state index contributed by atoms with van der Waals surface area (Å²) in [5.74, 6) is -0.130. The van der Waals surface area contributed by atoms with Gasteiger partial charge in [0.25, 0.3) is 0 Å². The van der Waals surface area contributed by atoms with Crippen molar-refractivity contribution in [1.82, 2.24) is 5.06 Å². The first-order chi connectivity index (χ1) is 6.80. The first-order valence-electron chi connectivity index (χ1n) is 4.94. The molecule has 15 heavy (non-hydrogen) atoms. The minimum absolute atomic E-state index is 0.344. The zero-order valence-corrected chi connectivity index (χ0v) is 10.1. The molecule has 0 radical (unpaired) electrons. The third-order valence-electron chi connectivity index (χ3n) is 2.51. The molecule has 0 bridgehead atoms. The molecule has 0 N–H and O–H groups in total. The Morgan fingerprint density at radius 3 is 2.53 bits per heavy atom. The maximum absolute atomic E-state index is 11.5. The van der Waals surface area contributed by atoms with E-state index in [-0.39, 0.29) is 0 Å². The van der Waals surface area contributed by atoms with Crippen LogP contribution in [0.4, 0.5) is 0 Å². The van der Waals surface area contributed by atoms with Gasteiger partial charge in [0.1, 0.15) is 5.37 Å². The normalized spacial score (nSPS) is 28.7. The van der Waals surface area contributed by atoms with E-state index >= 15 is 0 Å². The summed E-state index contributed by atoms with van der Waals surface area (Å²) in [4.78, 5) is 15.7. The van der Waals surface area contributed by atoms with Crippen LogP contribution in [0.25, 0.3) is 0 Å². The van der Waals surface area contributed by atoms with Gasteiger partial charge in [-0.1, -0.05) is 6.92 Å². The molecule has 88 valence electrons. The van der Waals surface area contributed by atoms with Gasteiger partial charge in [-0.15, -0.1) is 5.06 Å². The lowest BCUT2D eigenvalue weighted by molar-refractivity contribution is -0.198. The van der Waals surface area contributed by atoms with Crippen LogP contribution in [0.3, 0.4) is 0 Å². The predicted octanol–water partition coefficient (Wildman–Crippen LogP) is 0.567. The van der Waals surface area contributed by atoms with Gasteiger partial charge in [-0.3, -0.25) is 4.79 Å². The number of hydroxylamine groups is 2. The monoisotopic (exact) mass is 235 g/mol. The van der Waals surface area contributed by atoms with E-state index in [4.69, 9.17) is 4.84 Å². The Balaban J connectivity index is 2.80. The average Bonchev–Trinajstić information content (AvgIpc) is 2.05. The fourth-order valence-electron chi connectivity index (χ4n) is 1.73. The molecule has 2 unspecified atom stereocenters. The van der Waals surface area contributed by atoms with E-state index in [1.165, 1.54) is 18.2 Å². The number of carbonyl (C=O) groups excluding carboxylic acids is 1. The molecular weight excluding hydrogens is 218 g/mol. The van der Waals surface area contributed by atoms with Gasteiger partial charge in [0.05, 0.1) is 0 Å². The molecule has 0 aromatic rings. The Morgan fingerprint density at radius 2 is 2.07 bits per heavy atom. The smallest absolute Gasteiger partial charge is 0.322 e. The van der Waals surface area contributed by atoms with Gasteiger partial charge < -0.3 is 4.84 Å². The summed E-state index contributed by atoms with van der Waals surface area (Å²) >= 11 is 0. The van der Waals surface area contributed by atoms with Crippen LogP contribution in [0.15, 0.2) is 0 Å². The highest BCUT2D eigenvalue weighted by Gasteiger charge is 2.35. The molecule has 0 aromatic carbocycles. The number of sulfone groups is 1. The third-order valence-corrected chi connectivity index (χ3v) is 3.92. The second kappa shape index (κ2) is 4.49. The van der Waals surface area contributed by atoms with E-state index in [1.54, 1.807) is 0 Å². The van der Waals surface area contributed by atoms with Crippen LogP contribution >= 0.6 is 0 Å². The number of piperidine rings is 1. The van der Waals surface area contributed by atoms with Gasteiger partial charge in [-0.05, 0) is 18.8 Å². The van der Waals surface area contributed by atoms with Crippen molar-refractivity contribution < 1.29 is 18.0 Å². The molecule has 5 nitrogen and oxygen atoms in total. The average molecular weight is 235 g/mol. The summed E-state index contributed by atoms with van der Waals surface area (Å²) < 4.78 is 23.0. The summed E-state index contributed by atoms with van der Waals surface area (Å²) in [7, 11) is -3.20. The van der Waals surface area contributed by atoms with Gasteiger partial charge in [0, 0.05) is 19.7 Å². The Kier molecular flexibility index (Phi) is 3.72. The van der Waals surface area contributed by atoms with E-state index in [0.29, 0.717) is 18.9 Å². The molecule has 0 aliphatic carbocycles. The molecule has 0 spiro atoms. The maximum Gasteiger partial charge on any atom is 0.322 e. The van der Waals surface area contributed by atoms with Crippen LogP contribution in [-0.4, -0.2) is 37.6 Å². The van der Waals surface area contributed by atoms with Crippen molar-refractivity contribution in [3.63, 3.8) is 0 Å². The zero-order valence-electron chi connectivity index (χ0n) is 9.26. The summed E-state index contributed by atoms with van der Waals surface area (Å²) in [5.41, 5.74) is 0. The largest absolute Gasteiger partial charge is 0.367 e. The van der Waals surface area contributed by atoms with Crippen molar-refractivity contribution in [2.45, 2.75) is 32.1 Å². The zero-order chi connectivity index (χ0) is 11.6. The third kappa shape index (κ3) is 3.46. The molecule has 6 heteroatoms. The Labute approximate surface area is 90.3 Å². The van der Waals surface area contributed by atoms with Crippen LogP contribution in [0.2, 0.25) is 0 Å². The molecule has 2 atom stereocenters. The molecule has 0 amide bonds. The van der Waals surface area contributed by atoms with E-state index in [2.05, 4.69) is 0 Å². The molecule has 1 aliphatic rings. The SMILES string of the molecule is CC(=O)ON1CCC(C)CC1S(C)(=O)=O. The number of nitrogens with zero attached hydrogens (tertiary/aromatic N) is 1. The molecule has 1 aliphatic heterocycles. The second-order valence-corrected chi connectivity index (χ2v) is 6.34. The first-order valence-corrected chi connectivity index (χ1v) is 6.90. The summed E-state index contributed by atoms with van der Waals surface area (Å²) in [6, 6.07) is 0. The number of hydrogen-bond acceptors (Lipinski definition) is 5. The van der Waals surface area contributed by atoms with E-state index in [0.717, 1.165) is 6.42 Å². The minimum Gasteiger partial charge on any atom is -0.367 e. The van der Waals surface area contributed by atoms with Crippen molar-refractivity contribution in [2.75, 3.05) is 12.8 Å². The standard InChI is InChI=1S/C9H17NO4S/c1-7-4-5-10(14-8(2)11)9(6-7)15(3,12)13/h7,9H,4-6H2,1-3H3. The molecule has 1 fully saturated rings. The number of carbonyl (C=O) groups is 1. The van der Waals surface area contributed by atoms with Crippen molar-refractivity contribution >= 4 is 15.8 Å². The Bertz CT molecular complexity index is 338. The summed E-state index contributed by atoms with van der Waals surface area (Å²) in [6.45, 7) is 3.76. The fourth-order valence-corrected chi connectivity index (χ4v) is 2.98. The topological polar surface area (TPSA) is 63.7 Å². The van der Waals surface area contributed by atoms with E-state index in [9.17, 15) is 13.2 Å². The molecule has 0 saturated carbocycles. The van der Waals surface area contributed by atoms with Crippen molar-refractivity contribution in [3.8, 4) is 0 Å². The molecule has 0 aromatic heterocycles. The first kappa shape index (κ1) is 12.4. The van der Waals surface area contributed by atoms with Gasteiger partial charge in [-0.2, -0.15) is 0 Å². The molecule has 1 rings (SSSR count). The second-order valence-electron chi connectivity index (χ2n) is 4.14. The highest BCUT2D eigenvalue weighted by molar-refractivity contribution is 7.91. The number of rotatable bonds is 2. The van der Waals surface area contributed by atoms with Crippen LogP contribution in [0, 0.1) is 5.92 Å². The van der Waals surface area contributed by atoms with Crippen LogP contribution in [0.5, 0.6) is 0 Å². The minimum atomic E-state index is -3.20. The number of hydrogen-bond donors (Lipinski definition) is 0. The Hall–Kier alpha value is -0.620. The fraction of sp³-hybridized carbons (Fsp3) is 0.889. The van der Waals surface area contributed by atoms with Gasteiger partial charge in [0.2, 0.25) is 0 Å². The quantitative estimate of drug-likeness (QED) is 0.700. The van der Waals surface area contributed by atoms with Gasteiger partial charge in [0.15, 0.2) is 9.84 Å². The summed E-state index contributed by atoms with van der Waals surface area (Å²) in [5, 5.41) is 0.600. The molecular formula is C9H17NO4S. The van der Waals surface area contributed by atoms with Crippen LogP contribution < -0.4 is 0 Å². The lowest BCUT2D eigenvalue weighted by Gasteiger charge is -2.34. The highest BCUT2D eigenvalue weighted by Crippen LogP contribution is 2.25. The van der Waals surface area contributed by atoms with E-state index in [1.807, 2.05) is 6.92 Å². The summed E-state index contributed by atoms with van der Waals surface area (Å²) in [6.07, 6.45) is 2.54. The Morgan fingerprint density at radius 1 is 1.47 bits per heavy atom. The molecule has 1 heterocycles. The van der Waals surface area contributed by atoms with Crippen LogP contribution in [0.1, 0.15) is 26.7 Å². The van der Waals surface area contributed by atoms with Crippen molar-refractivity contribution in [1.29, 1.82) is 0 Å². The lowest BCUT2D eigenvalue weighted by Crippen LogP contribution is -2.46. The van der Waals surface area contributed by atoms with Crippen molar-refractivity contribution in [3.05, 3.63) is 0 Å². The lowest BCUT2D eigenvalue weighted by atomic mass is 10.0. The van der Waals surface area contributed by atoms with E-state index < -0.39 is 21.2 Å². The van der Waals surface area contributed by atoms with Gasteiger partial charge >= 0.3 is 5.97 Å². The van der Waals surface area contributed by atoms with Gasteiger partial charge in [-0.25, -0.2) is 8.42 Å². The van der Waals surface area contributed by atoms with Crippen LogP contribution in [-0.2, 0) is 19.5 Å². The maximum atomic E-state index is 11.5. The predicted molar refractivity (Wildman–Crippen MR) is 55.5 cm³/mol. The van der Waals surface area contributed by atoms with Crippen molar-refractivity contribution in [2.24, 2.45) is 5.92 Å². The molecule has 1 saturated heterocycles.